The van der Waals surface area contributed by atoms with E-state index in [9.17, 15) is 0 Å². The molecule has 1 heteroatoms. The fourth-order valence-electron chi connectivity index (χ4n) is 3.93. The number of benzene rings is 2. The molecule has 0 radical (unpaired) electrons. The molecular weight excluding hydrogens is 254 g/mol. The van der Waals surface area contributed by atoms with E-state index in [0.29, 0.717) is 0 Å². The first-order chi connectivity index (χ1) is 10.2. The van der Waals surface area contributed by atoms with Crippen molar-refractivity contribution in [2.24, 2.45) is 0 Å². The molecule has 1 heterocycles. The van der Waals surface area contributed by atoms with Crippen LogP contribution in [0.15, 0.2) is 48.5 Å². The zero-order valence-electron chi connectivity index (χ0n) is 13.4. The zero-order valence-corrected chi connectivity index (χ0v) is 13.4. The molecule has 21 heavy (non-hydrogen) atoms. The Balaban J connectivity index is 2.37. The monoisotopic (exact) mass is 279 g/mol. The van der Waals surface area contributed by atoms with Crippen LogP contribution in [0.2, 0.25) is 0 Å². The molecule has 1 nitrogen and oxygen atoms in total. The second kappa shape index (κ2) is 5.55. The molecule has 0 N–H and O–H groups in total. The van der Waals surface area contributed by atoms with Gasteiger partial charge in [0.1, 0.15) is 0 Å². The normalized spacial score (nSPS) is 12.3. The van der Waals surface area contributed by atoms with Gasteiger partial charge in [-0.2, -0.15) is 0 Å². The maximum Gasteiger partial charge on any atom is 0.0496 e. The molecule has 0 saturated carbocycles. The molecule has 3 rings (SSSR count). The first kappa shape index (κ1) is 14.2. The number of nitrogens with zero attached hydrogens (tertiary/aromatic N) is 1. The topological polar surface area (TPSA) is 4.93 Å². The SMILES string of the molecule is CCCC(C)(CCC)n1c2ccccc2c2ccccc21. The lowest BCUT2D eigenvalue weighted by atomic mass is 9.90. The first-order valence-corrected chi connectivity index (χ1v) is 8.20. The average Bonchev–Trinajstić information content (AvgIpc) is 2.83. The molecule has 0 aliphatic carbocycles. The van der Waals surface area contributed by atoms with Crippen LogP contribution in [0.5, 0.6) is 0 Å². The van der Waals surface area contributed by atoms with Crippen LogP contribution < -0.4 is 0 Å². The summed E-state index contributed by atoms with van der Waals surface area (Å²) in [4.78, 5) is 0. The summed E-state index contributed by atoms with van der Waals surface area (Å²) in [6, 6.07) is 17.7. The largest absolute Gasteiger partial charge is 0.335 e. The fourth-order valence-corrected chi connectivity index (χ4v) is 3.93. The highest BCUT2D eigenvalue weighted by Gasteiger charge is 2.27. The highest BCUT2D eigenvalue weighted by atomic mass is 15.1. The standard InChI is InChI=1S/C20H25N/c1-4-14-20(3,15-5-2)21-18-12-8-6-10-16(18)17-11-7-9-13-19(17)21/h6-13H,4-5,14-15H2,1-3H3. The van der Waals surface area contributed by atoms with Gasteiger partial charge in [0.15, 0.2) is 0 Å². The number of rotatable bonds is 5. The molecule has 1 aromatic heterocycles. The molecule has 0 amide bonds. The lowest BCUT2D eigenvalue weighted by Gasteiger charge is -2.33. The Labute approximate surface area is 127 Å². The van der Waals surface area contributed by atoms with E-state index >= 15 is 0 Å². The van der Waals surface area contributed by atoms with E-state index in [4.69, 9.17) is 0 Å². The van der Waals surface area contributed by atoms with Crippen LogP contribution >= 0.6 is 0 Å². The Hall–Kier alpha value is -1.76. The predicted octanol–water partition coefficient (Wildman–Crippen LogP) is 6.11. The van der Waals surface area contributed by atoms with Gasteiger partial charge in [0.05, 0.1) is 0 Å². The van der Waals surface area contributed by atoms with E-state index in [2.05, 4.69) is 73.9 Å². The number of hydrogen-bond donors (Lipinski definition) is 0. The van der Waals surface area contributed by atoms with Crippen molar-refractivity contribution in [1.29, 1.82) is 0 Å². The Morgan fingerprint density at radius 2 is 1.19 bits per heavy atom. The van der Waals surface area contributed by atoms with Crippen LogP contribution in [0.4, 0.5) is 0 Å². The summed E-state index contributed by atoms with van der Waals surface area (Å²) in [6.07, 6.45) is 4.89. The number of hydrogen-bond acceptors (Lipinski definition) is 0. The Morgan fingerprint density at radius 1 is 0.762 bits per heavy atom. The molecule has 0 saturated heterocycles. The molecule has 0 unspecified atom stereocenters. The summed E-state index contributed by atoms with van der Waals surface area (Å²) >= 11 is 0. The van der Waals surface area contributed by atoms with Crippen LogP contribution in [0.1, 0.15) is 46.5 Å². The average molecular weight is 279 g/mol. The van der Waals surface area contributed by atoms with Crippen LogP contribution in [0.3, 0.4) is 0 Å². The van der Waals surface area contributed by atoms with Crippen molar-refractivity contribution < 1.29 is 0 Å². The molecule has 110 valence electrons. The van der Waals surface area contributed by atoms with Gasteiger partial charge in [-0.05, 0) is 31.9 Å². The number of fused-ring (bicyclic) bond motifs is 3. The van der Waals surface area contributed by atoms with Gasteiger partial charge in [-0.15, -0.1) is 0 Å². The van der Waals surface area contributed by atoms with Crippen LogP contribution in [-0.2, 0) is 5.54 Å². The van der Waals surface area contributed by atoms with Crippen molar-refractivity contribution in [3.8, 4) is 0 Å². The van der Waals surface area contributed by atoms with E-state index in [0.717, 1.165) is 0 Å². The summed E-state index contributed by atoms with van der Waals surface area (Å²) in [5, 5.41) is 2.76. The van der Waals surface area contributed by atoms with Gasteiger partial charge in [0, 0.05) is 27.3 Å². The molecule has 0 bridgehead atoms. The maximum atomic E-state index is 2.60. The molecular formula is C20H25N. The highest BCUT2D eigenvalue weighted by molar-refractivity contribution is 6.08. The van der Waals surface area contributed by atoms with Gasteiger partial charge in [-0.25, -0.2) is 0 Å². The van der Waals surface area contributed by atoms with E-state index < -0.39 is 0 Å². The van der Waals surface area contributed by atoms with Gasteiger partial charge >= 0.3 is 0 Å². The Morgan fingerprint density at radius 3 is 1.62 bits per heavy atom. The second-order valence-electron chi connectivity index (χ2n) is 6.37. The zero-order chi connectivity index (χ0) is 14.9. The third-order valence-electron chi connectivity index (χ3n) is 4.70. The Kier molecular flexibility index (Phi) is 3.75. The Bertz CT molecular complexity index is 691. The highest BCUT2D eigenvalue weighted by Crippen LogP contribution is 2.38. The second-order valence-corrected chi connectivity index (χ2v) is 6.37. The number of aromatic nitrogens is 1. The van der Waals surface area contributed by atoms with Crippen molar-refractivity contribution in [2.45, 2.75) is 52.0 Å². The minimum Gasteiger partial charge on any atom is -0.335 e. The van der Waals surface area contributed by atoms with Crippen molar-refractivity contribution in [3.05, 3.63) is 48.5 Å². The van der Waals surface area contributed by atoms with Gasteiger partial charge in [-0.1, -0.05) is 63.1 Å². The van der Waals surface area contributed by atoms with Gasteiger partial charge in [0.25, 0.3) is 0 Å². The van der Waals surface area contributed by atoms with E-state index in [1.54, 1.807) is 0 Å². The minimum atomic E-state index is 0.201. The minimum absolute atomic E-state index is 0.201. The lowest BCUT2D eigenvalue weighted by molar-refractivity contribution is 0.281. The molecule has 3 aromatic rings. The maximum absolute atomic E-state index is 2.60. The molecule has 0 fully saturated rings. The predicted molar refractivity (Wildman–Crippen MR) is 92.9 cm³/mol. The van der Waals surface area contributed by atoms with Crippen LogP contribution in [0.25, 0.3) is 21.8 Å². The quantitative estimate of drug-likeness (QED) is 0.531. The smallest absolute Gasteiger partial charge is 0.0496 e. The van der Waals surface area contributed by atoms with E-state index in [1.807, 2.05) is 0 Å². The van der Waals surface area contributed by atoms with E-state index in [1.165, 1.54) is 47.5 Å². The molecule has 0 aliphatic rings. The van der Waals surface area contributed by atoms with E-state index in [-0.39, 0.29) is 5.54 Å². The third kappa shape index (κ3) is 2.25. The van der Waals surface area contributed by atoms with Crippen LogP contribution in [-0.4, -0.2) is 4.57 Å². The first-order valence-electron chi connectivity index (χ1n) is 8.20. The van der Waals surface area contributed by atoms with Crippen molar-refractivity contribution >= 4 is 21.8 Å². The number of para-hydroxylation sites is 2. The lowest BCUT2D eigenvalue weighted by Crippen LogP contribution is -2.29. The van der Waals surface area contributed by atoms with Gasteiger partial charge in [-0.3, -0.25) is 0 Å². The third-order valence-corrected chi connectivity index (χ3v) is 4.70. The molecule has 0 atom stereocenters. The van der Waals surface area contributed by atoms with Crippen LogP contribution in [0, 0.1) is 0 Å². The summed E-state index contributed by atoms with van der Waals surface area (Å²) in [6.45, 7) is 7.02. The summed E-state index contributed by atoms with van der Waals surface area (Å²) in [5.41, 5.74) is 2.96. The molecule has 0 aliphatic heterocycles. The molecule has 0 spiro atoms. The van der Waals surface area contributed by atoms with Crippen molar-refractivity contribution in [1.82, 2.24) is 4.57 Å². The van der Waals surface area contributed by atoms with Gasteiger partial charge in [0.2, 0.25) is 0 Å². The summed E-state index contributed by atoms with van der Waals surface area (Å²) in [5.74, 6) is 0. The fraction of sp³-hybridized carbons (Fsp3) is 0.400. The van der Waals surface area contributed by atoms with Crippen molar-refractivity contribution in [2.75, 3.05) is 0 Å². The summed E-state index contributed by atoms with van der Waals surface area (Å²) < 4.78 is 2.60. The van der Waals surface area contributed by atoms with Gasteiger partial charge < -0.3 is 4.57 Å². The molecule has 2 aromatic carbocycles. The van der Waals surface area contributed by atoms with Crippen molar-refractivity contribution in [3.63, 3.8) is 0 Å². The summed E-state index contributed by atoms with van der Waals surface area (Å²) in [7, 11) is 0.